The number of rotatable bonds is 5. The zero-order valence-electron chi connectivity index (χ0n) is 15.0. The summed E-state index contributed by atoms with van der Waals surface area (Å²) in [6.45, 7) is 0.772. The average molecular weight is 493 g/mol. The number of halogens is 3. The Hall–Kier alpha value is -2.03. The van der Waals surface area contributed by atoms with E-state index in [9.17, 15) is 8.78 Å². The summed E-state index contributed by atoms with van der Waals surface area (Å²) in [5.41, 5.74) is 3.63. The number of alkyl halides is 1. The molecule has 3 N–H and O–H groups in total. The first-order valence-corrected chi connectivity index (χ1v) is 11.5. The number of nitrogens with two attached hydrogens (primary N) is 1. The third kappa shape index (κ3) is 4.51. The zero-order chi connectivity index (χ0) is 19.5. The third-order valence-corrected chi connectivity index (χ3v) is 6.57. The number of ether oxygens (including phenoxy) is 1. The van der Waals surface area contributed by atoms with Crippen molar-refractivity contribution in [1.82, 2.24) is 5.32 Å². The van der Waals surface area contributed by atoms with Crippen LogP contribution in [0.15, 0.2) is 66.7 Å². The predicted octanol–water partition coefficient (Wildman–Crippen LogP) is 1.33. The summed E-state index contributed by atoms with van der Waals surface area (Å²) in [6.07, 6.45) is 0.967. The molecule has 1 fully saturated rings. The number of hydrogen-bond donors (Lipinski definition) is 2. The molecule has 0 aliphatic carbocycles. The first-order chi connectivity index (χ1) is 13.6. The molecule has 2 atom stereocenters. The van der Waals surface area contributed by atoms with Crippen molar-refractivity contribution in [3.63, 3.8) is 0 Å². The van der Waals surface area contributed by atoms with Gasteiger partial charge in [0, 0.05) is 0 Å². The van der Waals surface area contributed by atoms with Gasteiger partial charge in [0.1, 0.15) is 0 Å². The Morgan fingerprint density at radius 2 is 1.36 bits per heavy atom. The topological polar surface area (TPSA) is 47.3 Å². The SMILES string of the molecule is N[I-][C@@H]1C[C@H](Oc2cc(-c3ccc(F)cc3)cc(-c3ccc(F)cc3)c2)CN1. The fraction of sp³-hybridized carbons (Fsp3) is 0.182. The molecule has 3 aromatic rings. The molecule has 0 spiro atoms. The average Bonchev–Trinajstić information content (AvgIpc) is 3.16. The van der Waals surface area contributed by atoms with Crippen LogP contribution in [0.5, 0.6) is 5.75 Å². The molecule has 4 rings (SSSR count). The van der Waals surface area contributed by atoms with Gasteiger partial charge in [-0.05, 0) is 0 Å². The van der Waals surface area contributed by atoms with Crippen LogP contribution in [0.1, 0.15) is 6.42 Å². The molecule has 3 aromatic carbocycles. The van der Waals surface area contributed by atoms with Gasteiger partial charge in [0.15, 0.2) is 0 Å². The van der Waals surface area contributed by atoms with E-state index in [2.05, 4.69) is 5.32 Å². The van der Waals surface area contributed by atoms with Crippen molar-refractivity contribution in [3.8, 4) is 28.0 Å². The maximum absolute atomic E-state index is 13.3. The Labute approximate surface area is 173 Å². The van der Waals surface area contributed by atoms with Gasteiger partial charge in [-0.1, -0.05) is 0 Å². The van der Waals surface area contributed by atoms with Crippen LogP contribution < -0.4 is 35.5 Å². The van der Waals surface area contributed by atoms with Gasteiger partial charge in [-0.2, -0.15) is 0 Å². The van der Waals surface area contributed by atoms with E-state index in [1.54, 1.807) is 24.3 Å². The molecule has 0 saturated carbocycles. The Balaban J connectivity index is 1.70. The van der Waals surface area contributed by atoms with Crippen LogP contribution in [-0.4, -0.2) is 16.7 Å². The van der Waals surface area contributed by atoms with Crippen LogP contribution in [-0.2, 0) is 0 Å². The summed E-state index contributed by atoms with van der Waals surface area (Å²) >= 11 is -0.354. The summed E-state index contributed by atoms with van der Waals surface area (Å²) in [5.74, 6) is 0.190. The van der Waals surface area contributed by atoms with Crippen molar-refractivity contribution in [2.24, 2.45) is 3.95 Å². The summed E-state index contributed by atoms with van der Waals surface area (Å²) < 4.78 is 39.1. The van der Waals surface area contributed by atoms with Gasteiger partial charge in [-0.25, -0.2) is 0 Å². The fourth-order valence-electron chi connectivity index (χ4n) is 3.32. The molecule has 3 nitrogen and oxygen atoms in total. The molecule has 0 aromatic heterocycles. The summed E-state index contributed by atoms with van der Waals surface area (Å²) in [6, 6.07) is 18.7. The molecule has 28 heavy (non-hydrogen) atoms. The van der Waals surface area contributed by atoms with E-state index in [1.807, 2.05) is 18.2 Å². The van der Waals surface area contributed by atoms with Gasteiger partial charge in [-0.3, -0.25) is 0 Å². The number of hydrogen-bond acceptors (Lipinski definition) is 3. The predicted molar refractivity (Wildman–Crippen MR) is 102 cm³/mol. The van der Waals surface area contributed by atoms with Crippen LogP contribution in [0.3, 0.4) is 0 Å². The van der Waals surface area contributed by atoms with Gasteiger partial charge < -0.3 is 0 Å². The standard InChI is InChI=1S/C22H20F2IN2O/c23-18-5-1-14(2-6-18)16-9-17(15-3-7-19(24)8-4-15)11-20(10-16)28-21-12-22(25-26)27-13-21/h1-11,21-22,27H,12-13,26H2/q-1/t21-,22-/m0/s1. The Morgan fingerprint density at radius 3 is 1.82 bits per heavy atom. The van der Waals surface area contributed by atoms with E-state index < -0.39 is 0 Å². The van der Waals surface area contributed by atoms with Crippen LogP contribution in [0.2, 0.25) is 0 Å². The maximum atomic E-state index is 13.3. The Morgan fingerprint density at radius 1 is 0.821 bits per heavy atom. The van der Waals surface area contributed by atoms with Gasteiger partial charge >= 0.3 is 174 Å². The molecule has 146 valence electrons. The summed E-state index contributed by atoms with van der Waals surface area (Å²) in [4.78, 5) is 0. The third-order valence-electron chi connectivity index (χ3n) is 4.75. The first-order valence-electron chi connectivity index (χ1n) is 9.00. The van der Waals surface area contributed by atoms with Crippen LogP contribution in [0, 0.1) is 11.6 Å². The van der Waals surface area contributed by atoms with E-state index in [0.717, 1.165) is 41.0 Å². The van der Waals surface area contributed by atoms with Crippen molar-refractivity contribution in [2.75, 3.05) is 6.54 Å². The van der Waals surface area contributed by atoms with Gasteiger partial charge in [0.2, 0.25) is 0 Å². The van der Waals surface area contributed by atoms with Crippen molar-refractivity contribution in [2.45, 2.75) is 16.6 Å². The minimum atomic E-state index is -0.354. The van der Waals surface area contributed by atoms with E-state index >= 15 is 0 Å². The summed E-state index contributed by atoms with van der Waals surface area (Å²) in [5, 5.41) is 3.40. The molecule has 6 heteroatoms. The molecule has 1 saturated heterocycles. The Kier molecular flexibility index (Phi) is 5.89. The second kappa shape index (κ2) is 8.55. The first kappa shape index (κ1) is 19.3. The van der Waals surface area contributed by atoms with Gasteiger partial charge in [0.25, 0.3) is 0 Å². The second-order valence-corrected chi connectivity index (χ2v) is 8.96. The molecule has 0 unspecified atom stereocenters. The summed E-state index contributed by atoms with van der Waals surface area (Å²) in [7, 11) is 0. The minimum absolute atomic E-state index is 0.0674. The molecular formula is C22H20F2IN2O-. The number of benzene rings is 3. The van der Waals surface area contributed by atoms with E-state index in [1.165, 1.54) is 24.3 Å². The van der Waals surface area contributed by atoms with E-state index in [4.69, 9.17) is 8.68 Å². The van der Waals surface area contributed by atoms with Crippen molar-refractivity contribution < 1.29 is 35.0 Å². The van der Waals surface area contributed by atoms with Crippen molar-refractivity contribution >= 4 is 0 Å². The van der Waals surface area contributed by atoms with Crippen LogP contribution in [0.4, 0.5) is 8.78 Å². The molecular weight excluding hydrogens is 473 g/mol. The second-order valence-electron chi connectivity index (χ2n) is 6.74. The molecule has 0 bridgehead atoms. The van der Waals surface area contributed by atoms with Crippen molar-refractivity contribution in [1.29, 1.82) is 0 Å². The number of nitrogens with one attached hydrogen (secondary N) is 1. The van der Waals surface area contributed by atoms with Crippen LogP contribution >= 0.6 is 0 Å². The normalized spacial score (nSPS) is 19.1. The molecule has 0 radical (unpaired) electrons. The molecule has 1 aliphatic heterocycles. The quantitative estimate of drug-likeness (QED) is 0.244. The zero-order valence-corrected chi connectivity index (χ0v) is 17.2. The van der Waals surface area contributed by atoms with Gasteiger partial charge in [0.05, 0.1) is 0 Å². The van der Waals surface area contributed by atoms with E-state index in [-0.39, 0.29) is 39.2 Å². The fourth-order valence-corrected chi connectivity index (χ4v) is 4.69. The molecule has 1 aliphatic rings. The van der Waals surface area contributed by atoms with Crippen LogP contribution in [0.25, 0.3) is 22.3 Å². The molecule has 0 amide bonds. The Bertz CT molecular complexity index is 884. The molecule has 1 heterocycles. The van der Waals surface area contributed by atoms with Gasteiger partial charge in [-0.15, -0.1) is 0 Å². The van der Waals surface area contributed by atoms with E-state index in [0.29, 0.717) is 4.05 Å². The van der Waals surface area contributed by atoms with Crippen molar-refractivity contribution in [3.05, 3.63) is 78.4 Å². The monoisotopic (exact) mass is 493 g/mol.